The lowest BCUT2D eigenvalue weighted by Crippen LogP contribution is -2.33. The fraction of sp³-hybridized carbons (Fsp3) is 0.188. The summed E-state index contributed by atoms with van der Waals surface area (Å²) >= 11 is 0. The van der Waals surface area contributed by atoms with Crippen LogP contribution in [0.3, 0.4) is 0 Å². The molecule has 3 rings (SSSR count). The van der Waals surface area contributed by atoms with Crippen LogP contribution in [0.25, 0.3) is 16.6 Å². The average Bonchev–Trinajstić information content (AvgIpc) is 2.67. The Bertz CT molecular complexity index is 1260. The Kier molecular flexibility index (Phi) is 5.23. The molecule has 2 heterocycles. The molecular weight excluding hydrogens is 414 g/mol. The van der Waals surface area contributed by atoms with E-state index in [1.165, 1.54) is 6.92 Å². The van der Waals surface area contributed by atoms with Crippen molar-refractivity contribution in [1.29, 1.82) is 0 Å². The number of hydrogen-bond acceptors (Lipinski definition) is 7. The fourth-order valence-electron chi connectivity index (χ4n) is 2.60. The van der Waals surface area contributed by atoms with Crippen molar-refractivity contribution in [3.8, 4) is 5.82 Å². The van der Waals surface area contributed by atoms with Crippen molar-refractivity contribution in [3.05, 3.63) is 52.6 Å². The van der Waals surface area contributed by atoms with Crippen LogP contribution in [0.1, 0.15) is 12.5 Å². The van der Waals surface area contributed by atoms with Gasteiger partial charge in [-0.3, -0.25) is 4.79 Å². The summed E-state index contributed by atoms with van der Waals surface area (Å²) in [6.45, 7) is 1.33. The first-order valence-corrected chi connectivity index (χ1v) is 9.79. The van der Waals surface area contributed by atoms with E-state index >= 15 is 0 Å². The monoisotopic (exact) mass is 427 g/mol. The molecule has 0 bridgehead atoms. The van der Waals surface area contributed by atoms with Crippen LogP contribution in [0, 0.1) is 0 Å². The van der Waals surface area contributed by atoms with Gasteiger partial charge in [0.05, 0.1) is 22.9 Å². The average molecular weight is 427 g/mol. The van der Waals surface area contributed by atoms with Crippen molar-refractivity contribution in [2.75, 3.05) is 5.75 Å². The Balaban J connectivity index is 2.33. The predicted octanol–water partition coefficient (Wildman–Crippen LogP) is 0.273. The molecule has 0 unspecified atom stereocenters. The van der Waals surface area contributed by atoms with Crippen LogP contribution < -0.4 is 11.0 Å². The molecule has 152 valence electrons. The van der Waals surface area contributed by atoms with Crippen molar-refractivity contribution < 1.29 is 31.6 Å². The van der Waals surface area contributed by atoms with Crippen LogP contribution >= 0.6 is 0 Å². The highest BCUT2D eigenvalue weighted by Gasteiger charge is 2.31. The highest BCUT2D eigenvalue weighted by Crippen LogP contribution is 2.30. The second kappa shape index (κ2) is 7.24. The fourth-order valence-corrected chi connectivity index (χ4v) is 3.65. The number of pyridine rings is 1. The first-order valence-electron chi connectivity index (χ1n) is 8.14. The van der Waals surface area contributed by atoms with Crippen molar-refractivity contribution in [2.45, 2.75) is 18.0 Å². The summed E-state index contributed by atoms with van der Waals surface area (Å²) in [7, 11) is -6.01. The number of alkyl halides is 3. The third-order valence-corrected chi connectivity index (χ3v) is 5.91. The Morgan fingerprint density at radius 3 is 2.45 bits per heavy atom. The van der Waals surface area contributed by atoms with Gasteiger partial charge in [-0.05, 0) is 18.2 Å². The Morgan fingerprint density at radius 1 is 1.17 bits per heavy atom. The summed E-state index contributed by atoms with van der Waals surface area (Å²) in [6.07, 6.45) is -2.64. The normalized spacial score (nSPS) is 12.3. The Hall–Kier alpha value is -2.77. The van der Waals surface area contributed by atoms with Gasteiger partial charge in [0, 0.05) is 17.0 Å². The van der Waals surface area contributed by atoms with E-state index in [1.807, 2.05) is 0 Å². The van der Waals surface area contributed by atoms with Crippen LogP contribution in [0.15, 0.2) is 46.3 Å². The van der Waals surface area contributed by atoms with Gasteiger partial charge < -0.3 is 10.0 Å². The summed E-state index contributed by atoms with van der Waals surface area (Å²) in [6, 6.07) is 3.46. The minimum Gasteiger partial charge on any atom is -0.423 e. The number of nitrogens with zero attached hydrogens (tertiary/aromatic N) is 3. The summed E-state index contributed by atoms with van der Waals surface area (Å²) in [5.41, 5.74) is -2.30. The van der Waals surface area contributed by atoms with Crippen LogP contribution in [-0.4, -0.2) is 46.1 Å². The minimum absolute atomic E-state index is 0.126. The van der Waals surface area contributed by atoms with Gasteiger partial charge in [0.1, 0.15) is 4.90 Å². The van der Waals surface area contributed by atoms with E-state index in [2.05, 4.69) is 10.1 Å². The number of halogens is 3. The van der Waals surface area contributed by atoms with Gasteiger partial charge in [0.25, 0.3) is 5.56 Å². The Morgan fingerprint density at radius 2 is 1.86 bits per heavy atom. The van der Waals surface area contributed by atoms with Gasteiger partial charge in [-0.2, -0.15) is 23.0 Å². The van der Waals surface area contributed by atoms with Crippen molar-refractivity contribution in [2.24, 2.45) is 0 Å². The number of fused-ring (bicyclic) bond motifs is 1. The third kappa shape index (κ3) is 3.88. The topological polar surface area (TPSA) is 122 Å². The zero-order valence-corrected chi connectivity index (χ0v) is 15.6. The van der Waals surface area contributed by atoms with Gasteiger partial charge in [-0.25, -0.2) is 13.4 Å². The second-order valence-electron chi connectivity index (χ2n) is 6.03. The predicted molar refractivity (Wildman–Crippen MR) is 97.7 cm³/mol. The van der Waals surface area contributed by atoms with Gasteiger partial charge >= 0.3 is 13.3 Å². The maximum Gasteiger partial charge on any atom is 0.490 e. The van der Waals surface area contributed by atoms with E-state index in [4.69, 9.17) is 0 Å². The molecule has 29 heavy (non-hydrogen) atoms. The minimum atomic E-state index is -4.68. The molecule has 0 atom stereocenters. The number of aromatic nitrogens is 3. The lowest BCUT2D eigenvalue weighted by atomic mass is 9.82. The smallest absolute Gasteiger partial charge is 0.423 e. The third-order valence-electron chi connectivity index (χ3n) is 4.18. The molecule has 0 radical (unpaired) electrons. The molecule has 0 aliphatic carbocycles. The van der Waals surface area contributed by atoms with Crippen molar-refractivity contribution in [3.63, 3.8) is 0 Å². The van der Waals surface area contributed by atoms with E-state index in [0.29, 0.717) is 10.7 Å². The van der Waals surface area contributed by atoms with E-state index in [-0.39, 0.29) is 16.2 Å². The molecule has 0 fully saturated rings. The molecule has 0 saturated heterocycles. The van der Waals surface area contributed by atoms with Crippen LogP contribution in [0.4, 0.5) is 13.2 Å². The molecule has 3 aromatic rings. The lowest BCUT2D eigenvalue weighted by Gasteiger charge is -2.13. The quantitative estimate of drug-likeness (QED) is 0.574. The maximum absolute atomic E-state index is 13.0. The zero-order chi connectivity index (χ0) is 21.6. The molecule has 0 saturated carbocycles. The molecule has 13 heteroatoms. The molecular formula is C16H13BF3N3O5S. The summed E-state index contributed by atoms with van der Waals surface area (Å²) in [4.78, 5) is 16.1. The molecule has 1 aromatic carbocycles. The van der Waals surface area contributed by atoms with E-state index in [1.54, 1.807) is 0 Å². The number of hydrogen-bond donors (Lipinski definition) is 2. The molecule has 2 N–H and O–H groups in total. The van der Waals surface area contributed by atoms with Gasteiger partial charge in [0.2, 0.25) is 0 Å². The molecule has 8 nitrogen and oxygen atoms in total. The van der Waals surface area contributed by atoms with Crippen LogP contribution in [0.2, 0.25) is 0 Å². The van der Waals surface area contributed by atoms with Gasteiger partial charge in [0.15, 0.2) is 15.7 Å². The zero-order valence-electron chi connectivity index (χ0n) is 14.8. The van der Waals surface area contributed by atoms with E-state index in [0.717, 1.165) is 30.6 Å². The van der Waals surface area contributed by atoms with Crippen LogP contribution in [0.5, 0.6) is 0 Å². The summed E-state index contributed by atoms with van der Waals surface area (Å²) in [5, 5.41) is 22.2. The highest BCUT2D eigenvalue weighted by atomic mass is 32.2. The summed E-state index contributed by atoms with van der Waals surface area (Å²) < 4.78 is 64.4. The van der Waals surface area contributed by atoms with E-state index < -0.39 is 50.7 Å². The Labute approximate surface area is 162 Å². The maximum atomic E-state index is 13.0. The second-order valence-corrected chi connectivity index (χ2v) is 8.28. The van der Waals surface area contributed by atoms with Crippen molar-refractivity contribution in [1.82, 2.24) is 14.8 Å². The summed E-state index contributed by atoms with van der Waals surface area (Å²) in [5.74, 6) is -0.853. The molecule has 2 aromatic heterocycles. The SMILES string of the molecule is CCS(=O)(=O)c1cc(B(O)O)cnc1-n1ncc2ccc(C(F)(F)F)cc2c1=O. The van der Waals surface area contributed by atoms with Crippen molar-refractivity contribution >= 4 is 33.2 Å². The highest BCUT2D eigenvalue weighted by molar-refractivity contribution is 7.91. The van der Waals surface area contributed by atoms with Gasteiger partial charge in [-0.1, -0.05) is 13.0 Å². The number of benzene rings is 1. The molecule has 0 aliphatic heterocycles. The van der Waals surface area contributed by atoms with Gasteiger partial charge in [-0.15, -0.1) is 0 Å². The number of sulfone groups is 1. The standard InChI is InChI=1S/C16H13BF3N3O5S/c1-2-29(27,28)13-6-11(17(25)26)8-21-14(13)23-15(24)12-5-10(16(18,19)20)4-3-9(12)7-22-23/h3-8,25-26H,2H2,1H3. The number of rotatable bonds is 4. The largest absolute Gasteiger partial charge is 0.490 e. The van der Waals surface area contributed by atoms with Crippen LogP contribution in [-0.2, 0) is 16.0 Å². The first-order chi connectivity index (χ1) is 13.5. The molecule has 0 spiro atoms. The molecule has 0 aliphatic rings. The first kappa shape index (κ1) is 21.0. The lowest BCUT2D eigenvalue weighted by molar-refractivity contribution is -0.137. The molecule has 0 amide bonds. The van der Waals surface area contributed by atoms with E-state index in [9.17, 15) is 36.4 Å².